The molecular weight excluding hydrogens is 256 g/mol. The number of aryl methyl sites for hydroxylation is 3. The van der Waals surface area contributed by atoms with Gasteiger partial charge in [-0.15, -0.1) is 11.3 Å². The molecule has 4 heteroatoms. The zero-order valence-electron chi connectivity index (χ0n) is 11.5. The first-order valence-electron chi connectivity index (χ1n) is 6.32. The first-order valence-corrected chi connectivity index (χ1v) is 7.14. The van der Waals surface area contributed by atoms with E-state index in [9.17, 15) is 4.79 Å². The van der Waals surface area contributed by atoms with E-state index in [1.165, 1.54) is 4.88 Å². The number of hydrogen-bond donors (Lipinski definition) is 0. The van der Waals surface area contributed by atoms with Crippen LogP contribution in [0.4, 0.5) is 5.69 Å². The molecule has 0 atom stereocenters. The van der Waals surface area contributed by atoms with Crippen LogP contribution in [-0.2, 0) is 11.2 Å². The Morgan fingerprint density at radius 3 is 2.53 bits per heavy atom. The molecule has 2 aromatic rings. The van der Waals surface area contributed by atoms with E-state index in [4.69, 9.17) is 0 Å². The zero-order valence-corrected chi connectivity index (χ0v) is 12.3. The Balaban J connectivity index is 1.94. The summed E-state index contributed by atoms with van der Waals surface area (Å²) in [6.07, 6.45) is 1.22. The van der Waals surface area contributed by atoms with Crippen molar-refractivity contribution < 1.29 is 4.79 Å². The van der Waals surface area contributed by atoms with E-state index in [1.807, 2.05) is 44.3 Å². The van der Waals surface area contributed by atoms with Gasteiger partial charge in [0.25, 0.3) is 0 Å². The summed E-state index contributed by atoms with van der Waals surface area (Å²) in [5.74, 6) is 0.122. The number of benzene rings is 1. The maximum absolute atomic E-state index is 12.1. The van der Waals surface area contributed by atoms with Crippen LogP contribution in [0.2, 0.25) is 0 Å². The molecule has 0 bridgehead atoms. The van der Waals surface area contributed by atoms with Crippen molar-refractivity contribution in [2.24, 2.45) is 0 Å². The third-order valence-electron chi connectivity index (χ3n) is 3.14. The minimum Gasteiger partial charge on any atom is -0.315 e. The second-order valence-electron chi connectivity index (χ2n) is 4.54. The predicted octanol–water partition coefficient (Wildman–Crippen LogP) is 3.36. The fraction of sp³-hybridized carbons (Fsp3) is 0.333. The number of anilines is 1. The number of aromatic nitrogens is 1. The highest BCUT2D eigenvalue weighted by atomic mass is 32.1. The molecule has 0 saturated carbocycles. The van der Waals surface area contributed by atoms with Crippen LogP contribution in [0.25, 0.3) is 0 Å². The van der Waals surface area contributed by atoms with E-state index in [1.54, 1.807) is 16.2 Å². The summed E-state index contributed by atoms with van der Waals surface area (Å²) in [4.78, 5) is 19.5. The summed E-state index contributed by atoms with van der Waals surface area (Å²) < 4.78 is 0. The summed E-state index contributed by atoms with van der Waals surface area (Å²) in [5, 5.41) is 1.05. The van der Waals surface area contributed by atoms with Gasteiger partial charge >= 0.3 is 0 Å². The molecule has 0 aliphatic rings. The molecule has 0 unspecified atom stereocenters. The summed E-state index contributed by atoms with van der Waals surface area (Å²) in [6.45, 7) is 4.07. The molecule has 0 radical (unpaired) electrons. The second-order valence-corrected chi connectivity index (χ2v) is 5.83. The number of thiazole rings is 1. The fourth-order valence-electron chi connectivity index (χ4n) is 1.82. The smallest absolute Gasteiger partial charge is 0.227 e. The highest BCUT2D eigenvalue weighted by Crippen LogP contribution is 2.19. The number of para-hydroxylation sites is 1. The van der Waals surface area contributed by atoms with Crippen molar-refractivity contribution >= 4 is 22.9 Å². The van der Waals surface area contributed by atoms with E-state index in [2.05, 4.69) is 11.9 Å². The third kappa shape index (κ3) is 3.41. The highest BCUT2D eigenvalue weighted by molar-refractivity contribution is 7.11. The van der Waals surface area contributed by atoms with Gasteiger partial charge in [-0.2, -0.15) is 0 Å². The van der Waals surface area contributed by atoms with Crippen molar-refractivity contribution in [1.29, 1.82) is 0 Å². The Bertz CT molecular complexity index is 543. The first kappa shape index (κ1) is 13.7. The summed E-state index contributed by atoms with van der Waals surface area (Å²) >= 11 is 1.68. The van der Waals surface area contributed by atoms with Crippen molar-refractivity contribution in [2.75, 3.05) is 11.9 Å². The topological polar surface area (TPSA) is 33.2 Å². The Kier molecular flexibility index (Phi) is 4.32. The zero-order chi connectivity index (χ0) is 13.8. The normalized spacial score (nSPS) is 10.5. The molecular formula is C15H18N2OS. The summed E-state index contributed by atoms with van der Waals surface area (Å²) in [5.41, 5.74) is 2.00. The molecule has 0 saturated heterocycles. The lowest BCUT2D eigenvalue weighted by molar-refractivity contribution is -0.118. The molecule has 0 spiro atoms. The molecule has 3 nitrogen and oxygen atoms in total. The maximum atomic E-state index is 12.1. The van der Waals surface area contributed by atoms with Crippen LogP contribution in [0.15, 0.2) is 30.3 Å². The lowest BCUT2D eigenvalue weighted by atomic mass is 10.2. The average molecular weight is 274 g/mol. The van der Waals surface area contributed by atoms with Gasteiger partial charge in [-0.3, -0.25) is 4.79 Å². The Morgan fingerprint density at radius 2 is 1.95 bits per heavy atom. The number of hydrogen-bond acceptors (Lipinski definition) is 3. The van der Waals surface area contributed by atoms with Crippen LogP contribution < -0.4 is 4.90 Å². The molecule has 19 heavy (non-hydrogen) atoms. The van der Waals surface area contributed by atoms with Crippen LogP contribution in [0.5, 0.6) is 0 Å². The molecule has 0 aliphatic heterocycles. The minimum absolute atomic E-state index is 0.122. The molecule has 0 fully saturated rings. The highest BCUT2D eigenvalue weighted by Gasteiger charge is 2.12. The van der Waals surface area contributed by atoms with E-state index < -0.39 is 0 Å². The SMILES string of the molecule is Cc1nc(CCC(=O)N(C)c2ccccc2)sc1C. The quantitative estimate of drug-likeness (QED) is 0.856. The third-order valence-corrected chi connectivity index (χ3v) is 4.28. The number of carbonyl (C=O) groups excluding carboxylic acids is 1. The molecule has 1 amide bonds. The van der Waals surface area contributed by atoms with Gasteiger partial charge in [0.1, 0.15) is 0 Å². The van der Waals surface area contributed by atoms with Crippen LogP contribution in [-0.4, -0.2) is 17.9 Å². The first-order chi connectivity index (χ1) is 9.08. The largest absolute Gasteiger partial charge is 0.315 e. The van der Waals surface area contributed by atoms with Crippen molar-refractivity contribution in [3.05, 3.63) is 45.9 Å². The molecule has 100 valence electrons. The van der Waals surface area contributed by atoms with Gasteiger partial charge in [-0.05, 0) is 26.0 Å². The average Bonchev–Trinajstić information content (AvgIpc) is 2.75. The predicted molar refractivity (Wildman–Crippen MR) is 79.8 cm³/mol. The van der Waals surface area contributed by atoms with Gasteiger partial charge in [-0.1, -0.05) is 18.2 Å². The van der Waals surface area contributed by atoms with Gasteiger partial charge in [0.05, 0.1) is 10.7 Å². The molecule has 1 heterocycles. The van der Waals surface area contributed by atoms with Crippen LogP contribution in [0, 0.1) is 13.8 Å². The maximum Gasteiger partial charge on any atom is 0.227 e. The molecule has 0 N–H and O–H groups in total. The van der Waals surface area contributed by atoms with Gasteiger partial charge in [0.15, 0.2) is 0 Å². The van der Waals surface area contributed by atoms with Crippen LogP contribution in [0.3, 0.4) is 0 Å². The van der Waals surface area contributed by atoms with Crippen molar-refractivity contribution in [3.8, 4) is 0 Å². The molecule has 0 aliphatic carbocycles. The fourth-order valence-corrected chi connectivity index (χ4v) is 2.76. The van der Waals surface area contributed by atoms with Crippen molar-refractivity contribution in [3.63, 3.8) is 0 Å². The minimum atomic E-state index is 0.122. The Hall–Kier alpha value is -1.68. The summed E-state index contributed by atoms with van der Waals surface area (Å²) in [7, 11) is 1.82. The van der Waals surface area contributed by atoms with E-state index in [-0.39, 0.29) is 5.91 Å². The summed E-state index contributed by atoms with van der Waals surface area (Å²) in [6, 6.07) is 9.70. The van der Waals surface area contributed by atoms with Crippen molar-refractivity contribution in [1.82, 2.24) is 4.98 Å². The van der Waals surface area contributed by atoms with Gasteiger partial charge in [0.2, 0.25) is 5.91 Å². The van der Waals surface area contributed by atoms with Crippen molar-refractivity contribution in [2.45, 2.75) is 26.7 Å². The number of amides is 1. The van der Waals surface area contributed by atoms with E-state index >= 15 is 0 Å². The Morgan fingerprint density at radius 1 is 1.26 bits per heavy atom. The van der Waals surface area contributed by atoms with Crippen LogP contribution >= 0.6 is 11.3 Å². The van der Waals surface area contributed by atoms with Gasteiger partial charge in [-0.25, -0.2) is 4.98 Å². The number of nitrogens with zero attached hydrogens (tertiary/aromatic N) is 2. The lowest BCUT2D eigenvalue weighted by Crippen LogP contribution is -2.26. The molecule has 2 rings (SSSR count). The van der Waals surface area contributed by atoms with Gasteiger partial charge < -0.3 is 4.90 Å². The Labute approximate surface area is 117 Å². The number of carbonyl (C=O) groups is 1. The molecule has 1 aromatic heterocycles. The van der Waals surface area contributed by atoms with E-state index in [0.29, 0.717) is 6.42 Å². The number of rotatable bonds is 4. The van der Waals surface area contributed by atoms with Gasteiger partial charge in [0, 0.05) is 30.5 Å². The standard InChI is InChI=1S/C15H18N2OS/c1-11-12(2)19-14(16-11)9-10-15(18)17(3)13-7-5-4-6-8-13/h4-8H,9-10H2,1-3H3. The monoisotopic (exact) mass is 274 g/mol. The van der Waals surface area contributed by atoms with E-state index in [0.717, 1.165) is 22.8 Å². The second kappa shape index (κ2) is 5.97. The lowest BCUT2D eigenvalue weighted by Gasteiger charge is -2.16. The van der Waals surface area contributed by atoms with Crippen LogP contribution in [0.1, 0.15) is 22.0 Å². The molecule has 1 aromatic carbocycles.